The normalized spacial score (nSPS) is 16.4. The number of thiol groups is 1. The first kappa shape index (κ1) is 24.5. The van der Waals surface area contributed by atoms with Gasteiger partial charge >= 0.3 is 5.97 Å². The Balaban J connectivity index is 1.84. The minimum atomic E-state index is -2.98. The van der Waals surface area contributed by atoms with Crippen LogP contribution in [0.25, 0.3) is 0 Å². The van der Waals surface area contributed by atoms with Crippen LogP contribution in [-0.2, 0) is 22.2 Å². The largest absolute Gasteiger partial charge is 0.465 e. The van der Waals surface area contributed by atoms with Crippen molar-refractivity contribution in [2.45, 2.75) is 31.6 Å². The predicted molar refractivity (Wildman–Crippen MR) is 116 cm³/mol. The number of esters is 1. The highest BCUT2D eigenvalue weighted by atomic mass is 35.5. The van der Waals surface area contributed by atoms with Crippen LogP contribution in [0.15, 0.2) is 36.5 Å². The van der Waals surface area contributed by atoms with Crippen LogP contribution in [0.3, 0.4) is 0 Å². The molecule has 0 saturated carbocycles. The zero-order chi connectivity index (χ0) is 23.3. The fourth-order valence-electron chi connectivity index (χ4n) is 3.66. The van der Waals surface area contributed by atoms with Crippen LogP contribution in [0.4, 0.5) is 8.78 Å². The van der Waals surface area contributed by atoms with E-state index in [0.717, 1.165) is 0 Å². The Bertz CT molecular complexity index is 1010. The van der Waals surface area contributed by atoms with E-state index in [2.05, 4.69) is 9.72 Å². The Morgan fingerprint density at radius 2 is 2.03 bits per heavy atom. The number of hydrogen-bond donors (Lipinski definition) is 1. The minimum Gasteiger partial charge on any atom is -0.465 e. The van der Waals surface area contributed by atoms with E-state index in [9.17, 15) is 22.0 Å². The lowest BCUT2D eigenvalue weighted by molar-refractivity contribution is 0.0600. The number of hydrogen-bond acceptors (Lipinski definition) is 6. The van der Waals surface area contributed by atoms with Gasteiger partial charge in [-0.1, -0.05) is 17.7 Å². The molecule has 1 aliphatic heterocycles. The number of carbonyl (C=O) groups excluding carboxylic acids is 1. The van der Waals surface area contributed by atoms with Crippen LogP contribution in [0.2, 0.25) is 5.02 Å². The molecule has 11 heteroatoms. The third-order valence-corrected chi connectivity index (χ3v) is 6.49. The molecule has 1 aromatic heterocycles. The summed E-state index contributed by atoms with van der Waals surface area (Å²) < 4.78 is 57.3. The summed E-state index contributed by atoms with van der Waals surface area (Å²) in [6, 6.07) is 6.89. The summed E-state index contributed by atoms with van der Waals surface area (Å²) in [5.41, 5.74) is 1.34. The molecular formula is C21H24ClF2N3O4S. The van der Waals surface area contributed by atoms with Crippen molar-refractivity contribution < 1.29 is 26.7 Å². The van der Waals surface area contributed by atoms with Crippen molar-refractivity contribution in [2.24, 2.45) is 0 Å². The molecule has 1 aliphatic rings. The van der Waals surface area contributed by atoms with Gasteiger partial charge in [-0.05, 0) is 42.7 Å². The molecule has 0 bridgehead atoms. The molecule has 0 N–H and O–H groups in total. The Morgan fingerprint density at radius 1 is 1.31 bits per heavy atom. The van der Waals surface area contributed by atoms with Crippen LogP contribution in [0.1, 0.15) is 40.5 Å². The van der Waals surface area contributed by atoms with Gasteiger partial charge in [0.2, 0.25) is 10.9 Å². The summed E-state index contributed by atoms with van der Waals surface area (Å²) in [5, 5.41) is -0.0639. The number of pyridine rings is 1. The molecule has 1 aromatic carbocycles. The van der Waals surface area contributed by atoms with Crippen LogP contribution >= 0.6 is 11.6 Å². The van der Waals surface area contributed by atoms with Gasteiger partial charge in [-0.2, -0.15) is 4.31 Å². The molecule has 174 valence electrons. The van der Waals surface area contributed by atoms with E-state index in [1.165, 1.54) is 35.8 Å². The average molecular weight is 488 g/mol. The maximum atomic E-state index is 13.7. The van der Waals surface area contributed by atoms with Gasteiger partial charge in [0.25, 0.3) is 0 Å². The zero-order valence-electron chi connectivity index (χ0n) is 17.4. The fourth-order valence-corrected chi connectivity index (χ4v) is 4.40. The molecule has 0 aliphatic carbocycles. The lowest BCUT2D eigenvalue weighted by atomic mass is 10.0. The molecule has 1 fully saturated rings. The van der Waals surface area contributed by atoms with Crippen LogP contribution in [0, 0.1) is 5.82 Å². The van der Waals surface area contributed by atoms with Gasteiger partial charge in [-0.3, -0.25) is 9.88 Å². The van der Waals surface area contributed by atoms with Gasteiger partial charge in [-0.15, -0.1) is 0 Å². The number of aromatic nitrogens is 1. The molecule has 2 heterocycles. The number of carbonyl (C=O) groups is 1. The molecule has 0 amide bonds. The highest BCUT2D eigenvalue weighted by molar-refractivity contribution is 7.69. The number of methoxy groups -OCH3 is 1. The Morgan fingerprint density at radius 3 is 2.59 bits per heavy atom. The molecular weight excluding hydrogens is 464 g/mol. The first-order chi connectivity index (χ1) is 15.3. The number of alkyl halides is 1. The number of piperidine rings is 1. The number of nitrogens with zero attached hydrogens (tertiary/aromatic N) is 3. The topological polar surface area (TPSA) is 79.8 Å². The third-order valence-electron chi connectivity index (χ3n) is 5.43. The Hall–Kier alpha value is -2.14. The van der Waals surface area contributed by atoms with E-state index in [-0.39, 0.29) is 23.7 Å². The summed E-state index contributed by atoms with van der Waals surface area (Å²) in [6.45, 7) is 0.913. The van der Waals surface area contributed by atoms with Gasteiger partial charge in [0.15, 0.2) is 0 Å². The SMILES string of the molecule is COC(=O)c1ccc(CN(CC(c2ccc(F)c(Cl)c2)N2CCC(F)CC2)[SH](=O)=O)nc1. The number of ether oxygens (including phenoxy) is 1. The Labute approximate surface area is 192 Å². The molecule has 0 spiro atoms. The lowest BCUT2D eigenvalue weighted by Crippen LogP contribution is -2.42. The van der Waals surface area contributed by atoms with Crippen molar-refractivity contribution in [1.82, 2.24) is 14.2 Å². The summed E-state index contributed by atoms with van der Waals surface area (Å²) in [6.07, 6.45) is 1.10. The molecule has 7 nitrogen and oxygen atoms in total. The van der Waals surface area contributed by atoms with Crippen molar-refractivity contribution in [3.8, 4) is 0 Å². The molecule has 3 rings (SSSR count). The highest BCUT2D eigenvalue weighted by Gasteiger charge is 2.29. The second-order valence-electron chi connectivity index (χ2n) is 7.51. The van der Waals surface area contributed by atoms with Crippen molar-refractivity contribution >= 4 is 28.5 Å². The fraction of sp³-hybridized carbons (Fsp3) is 0.429. The second kappa shape index (κ2) is 11.1. The molecule has 1 saturated heterocycles. The Kier molecular flexibility index (Phi) is 8.52. The van der Waals surface area contributed by atoms with Crippen molar-refractivity contribution in [2.75, 3.05) is 26.7 Å². The van der Waals surface area contributed by atoms with Crippen molar-refractivity contribution in [3.05, 3.63) is 64.2 Å². The van der Waals surface area contributed by atoms with Gasteiger partial charge in [0.05, 0.1) is 29.9 Å². The molecule has 32 heavy (non-hydrogen) atoms. The molecule has 1 unspecified atom stereocenters. The summed E-state index contributed by atoms with van der Waals surface area (Å²) in [7, 11) is -1.73. The summed E-state index contributed by atoms with van der Waals surface area (Å²) in [4.78, 5) is 17.7. The van der Waals surface area contributed by atoms with Crippen molar-refractivity contribution in [3.63, 3.8) is 0 Å². The van der Waals surface area contributed by atoms with E-state index in [0.29, 0.717) is 37.2 Å². The first-order valence-corrected chi connectivity index (χ1v) is 11.5. The van der Waals surface area contributed by atoms with Crippen LogP contribution < -0.4 is 0 Å². The van der Waals surface area contributed by atoms with E-state index in [4.69, 9.17) is 11.6 Å². The smallest absolute Gasteiger partial charge is 0.339 e. The van der Waals surface area contributed by atoms with E-state index >= 15 is 0 Å². The quantitative estimate of drug-likeness (QED) is 0.455. The first-order valence-electron chi connectivity index (χ1n) is 10.0. The number of halogens is 3. The lowest BCUT2D eigenvalue weighted by Gasteiger charge is -2.37. The van der Waals surface area contributed by atoms with Crippen LogP contribution in [-0.4, -0.2) is 61.5 Å². The molecule has 1 atom stereocenters. The van der Waals surface area contributed by atoms with E-state index < -0.39 is 34.9 Å². The average Bonchev–Trinajstić information content (AvgIpc) is 2.79. The molecule has 2 aromatic rings. The second-order valence-corrected chi connectivity index (χ2v) is 8.96. The number of rotatable bonds is 8. The van der Waals surface area contributed by atoms with Gasteiger partial charge in [0, 0.05) is 31.9 Å². The van der Waals surface area contributed by atoms with Gasteiger partial charge in [-0.25, -0.2) is 22.0 Å². The maximum absolute atomic E-state index is 13.7. The molecule has 0 radical (unpaired) electrons. The predicted octanol–water partition coefficient (Wildman–Crippen LogP) is 3.16. The summed E-state index contributed by atoms with van der Waals surface area (Å²) >= 11 is 5.97. The number of benzene rings is 1. The minimum absolute atomic E-state index is 0.0227. The highest BCUT2D eigenvalue weighted by Crippen LogP contribution is 2.29. The standard InChI is InChI=1S/C21H24ClF2N3O4S/c1-31-21(28)15-2-4-17(25-11-15)12-27(32(29)30)13-20(26-8-6-16(23)7-9-26)14-3-5-19(24)18(22)10-14/h2-5,10-11,16,20,32H,6-9,12-13H2,1H3. The van der Waals surface area contributed by atoms with E-state index in [1.54, 1.807) is 12.1 Å². The van der Waals surface area contributed by atoms with Crippen molar-refractivity contribution in [1.29, 1.82) is 0 Å². The third kappa shape index (κ3) is 6.22. The summed E-state index contributed by atoms with van der Waals surface area (Å²) in [5.74, 6) is -1.11. The van der Waals surface area contributed by atoms with Gasteiger partial charge < -0.3 is 4.74 Å². The van der Waals surface area contributed by atoms with Crippen LogP contribution in [0.5, 0.6) is 0 Å². The van der Waals surface area contributed by atoms with Gasteiger partial charge in [0.1, 0.15) is 12.0 Å². The number of likely N-dealkylation sites (tertiary alicyclic amines) is 1. The maximum Gasteiger partial charge on any atom is 0.339 e. The monoisotopic (exact) mass is 487 g/mol. The van der Waals surface area contributed by atoms with E-state index in [1.807, 2.05) is 4.90 Å². The zero-order valence-corrected chi connectivity index (χ0v) is 19.1.